The Labute approximate surface area is 143 Å². The minimum Gasteiger partial charge on any atom is -0.294 e. The summed E-state index contributed by atoms with van der Waals surface area (Å²) in [5.74, 6) is 0.619. The van der Waals surface area contributed by atoms with E-state index in [9.17, 15) is 0 Å². The van der Waals surface area contributed by atoms with Crippen LogP contribution in [0.4, 0.5) is 0 Å². The summed E-state index contributed by atoms with van der Waals surface area (Å²) in [6.45, 7) is 4.57. The van der Waals surface area contributed by atoms with Gasteiger partial charge in [-0.05, 0) is 24.5 Å². The maximum absolute atomic E-state index is 4.54. The fourth-order valence-corrected chi connectivity index (χ4v) is 4.51. The molecule has 121 valence electrons. The molecule has 0 bridgehead atoms. The average molecular weight is 326 g/mol. The number of fused-ring (bicyclic) bond motifs is 1. The van der Waals surface area contributed by atoms with Gasteiger partial charge in [-0.1, -0.05) is 75.1 Å². The molecule has 3 aromatic rings. The number of unbranched alkanes of at least 4 members (excludes halogenated alkanes) is 2. The highest BCUT2D eigenvalue weighted by atomic mass is 32.1. The number of nitrogens with zero attached hydrogens (tertiary/aromatic N) is 2. The summed E-state index contributed by atoms with van der Waals surface area (Å²) in [5.41, 5.74) is 2.76. The van der Waals surface area contributed by atoms with Crippen molar-refractivity contribution in [2.45, 2.75) is 58.3 Å². The van der Waals surface area contributed by atoms with Crippen molar-refractivity contribution in [1.82, 2.24) is 9.38 Å². The van der Waals surface area contributed by atoms with Crippen molar-refractivity contribution in [2.24, 2.45) is 0 Å². The molecule has 0 N–H and O–H groups in total. The molecule has 2 aromatic heterocycles. The molecular weight excluding hydrogens is 300 g/mol. The van der Waals surface area contributed by atoms with Gasteiger partial charge in [0.1, 0.15) is 0 Å². The van der Waals surface area contributed by atoms with E-state index >= 15 is 0 Å². The second-order valence-electron chi connectivity index (χ2n) is 6.17. The highest BCUT2D eigenvalue weighted by Gasteiger charge is 2.22. The van der Waals surface area contributed by atoms with Crippen molar-refractivity contribution in [2.75, 3.05) is 0 Å². The van der Waals surface area contributed by atoms with Gasteiger partial charge in [-0.3, -0.25) is 4.40 Å². The van der Waals surface area contributed by atoms with Crippen LogP contribution in [0.3, 0.4) is 0 Å². The lowest BCUT2D eigenvalue weighted by Crippen LogP contribution is -2.04. The molecule has 3 rings (SSSR count). The molecule has 1 aromatic carbocycles. The average Bonchev–Trinajstić information content (AvgIpc) is 3.16. The van der Waals surface area contributed by atoms with Crippen LogP contribution in [0.25, 0.3) is 15.4 Å². The van der Waals surface area contributed by atoms with Gasteiger partial charge >= 0.3 is 0 Å². The first kappa shape index (κ1) is 16.3. The maximum Gasteiger partial charge on any atom is 0.194 e. The van der Waals surface area contributed by atoms with E-state index in [0.717, 1.165) is 4.96 Å². The van der Waals surface area contributed by atoms with Crippen LogP contribution in [0.15, 0.2) is 36.7 Å². The molecular formula is C20H25N2S. The van der Waals surface area contributed by atoms with Crippen LogP contribution in [0.1, 0.15) is 64.0 Å². The number of thiazole rings is 1. The number of imidazole rings is 1. The monoisotopic (exact) mass is 325 g/mol. The normalized spacial score (nSPS) is 12.8. The number of benzene rings is 1. The summed E-state index contributed by atoms with van der Waals surface area (Å²) in [6.07, 6.45) is 11.7. The zero-order valence-corrected chi connectivity index (χ0v) is 14.9. The maximum atomic E-state index is 4.54. The Kier molecular flexibility index (Phi) is 5.50. The molecule has 2 heterocycles. The lowest BCUT2D eigenvalue weighted by Gasteiger charge is -2.18. The second kappa shape index (κ2) is 7.78. The first-order valence-electron chi connectivity index (χ1n) is 8.77. The molecule has 23 heavy (non-hydrogen) atoms. The zero-order chi connectivity index (χ0) is 16.1. The Balaban J connectivity index is 2.03. The minimum absolute atomic E-state index is 0.619. The molecule has 0 saturated heterocycles. The van der Waals surface area contributed by atoms with Crippen LogP contribution in [0.5, 0.6) is 0 Å². The summed E-state index contributed by atoms with van der Waals surface area (Å²) < 4.78 is 2.32. The number of hydrogen-bond donors (Lipinski definition) is 0. The molecule has 3 heteroatoms. The standard InChI is InChI=1S/C20H25N2S/c1-3-5-7-11-16(10-4-2)18-19(17-12-8-6-9-13-17)23-20-21-14-15-22(18)20/h8-9,12-16H,3-5,7,10-11H2,1-2H3. The van der Waals surface area contributed by atoms with E-state index in [1.54, 1.807) is 0 Å². The van der Waals surface area contributed by atoms with Gasteiger partial charge in [-0.2, -0.15) is 0 Å². The summed E-state index contributed by atoms with van der Waals surface area (Å²) in [7, 11) is 0. The predicted octanol–water partition coefficient (Wildman–Crippen LogP) is 6.33. The van der Waals surface area contributed by atoms with E-state index in [1.807, 2.05) is 29.7 Å². The Morgan fingerprint density at radius 1 is 1.13 bits per heavy atom. The molecule has 2 nitrogen and oxygen atoms in total. The number of aromatic nitrogens is 2. The van der Waals surface area contributed by atoms with Gasteiger partial charge in [0.05, 0.1) is 4.88 Å². The molecule has 0 aliphatic rings. The SMILES string of the molecule is CCCCCC(CCC)c1c(-c2cc[c]cc2)sc2nccn12. The lowest BCUT2D eigenvalue weighted by atomic mass is 9.91. The lowest BCUT2D eigenvalue weighted by molar-refractivity contribution is 0.518. The molecule has 1 radical (unpaired) electrons. The largest absolute Gasteiger partial charge is 0.294 e. The van der Waals surface area contributed by atoms with Crippen molar-refractivity contribution in [3.63, 3.8) is 0 Å². The third-order valence-electron chi connectivity index (χ3n) is 4.45. The Hall–Kier alpha value is -1.61. The Morgan fingerprint density at radius 3 is 2.70 bits per heavy atom. The van der Waals surface area contributed by atoms with Gasteiger partial charge in [0, 0.05) is 24.0 Å². The van der Waals surface area contributed by atoms with Crippen LogP contribution in [-0.4, -0.2) is 9.38 Å². The van der Waals surface area contributed by atoms with Crippen molar-refractivity contribution >= 4 is 16.3 Å². The third kappa shape index (κ3) is 3.50. The van der Waals surface area contributed by atoms with Gasteiger partial charge in [-0.25, -0.2) is 4.98 Å². The van der Waals surface area contributed by atoms with Gasteiger partial charge < -0.3 is 0 Å². The summed E-state index contributed by atoms with van der Waals surface area (Å²) in [6, 6.07) is 11.5. The van der Waals surface area contributed by atoms with E-state index < -0.39 is 0 Å². The van der Waals surface area contributed by atoms with Crippen molar-refractivity contribution in [1.29, 1.82) is 0 Å². The first-order valence-corrected chi connectivity index (χ1v) is 9.59. The van der Waals surface area contributed by atoms with Crippen LogP contribution in [-0.2, 0) is 0 Å². The summed E-state index contributed by atoms with van der Waals surface area (Å²) in [4.78, 5) is 7.03. The highest BCUT2D eigenvalue weighted by molar-refractivity contribution is 7.20. The second-order valence-corrected chi connectivity index (χ2v) is 7.14. The summed E-state index contributed by atoms with van der Waals surface area (Å²) in [5, 5.41) is 0. The van der Waals surface area contributed by atoms with E-state index in [-0.39, 0.29) is 0 Å². The Morgan fingerprint density at radius 2 is 1.96 bits per heavy atom. The molecule has 0 aliphatic carbocycles. The highest BCUT2D eigenvalue weighted by Crippen LogP contribution is 2.40. The Bertz CT molecular complexity index is 727. The number of rotatable bonds is 8. The first-order chi connectivity index (χ1) is 11.3. The molecule has 0 aliphatic heterocycles. The van der Waals surface area contributed by atoms with Crippen molar-refractivity contribution in [3.05, 3.63) is 48.4 Å². The van der Waals surface area contributed by atoms with E-state index in [4.69, 9.17) is 0 Å². The fraction of sp³-hybridized carbons (Fsp3) is 0.450. The van der Waals surface area contributed by atoms with Crippen LogP contribution >= 0.6 is 11.3 Å². The quantitative estimate of drug-likeness (QED) is 0.442. The van der Waals surface area contributed by atoms with E-state index in [1.165, 1.54) is 54.7 Å². The van der Waals surface area contributed by atoms with Crippen molar-refractivity contribution < 1.29 is 0 Å². The molecule has 0 saturated carbocycles. The van der Waals surface area contributed by atoms with Gasteiger partial charge in [0.25, 0.3) is 0 Å². The smallest absolute Gasteiger partial charge is 0.194 e. The predicted molar refractivity (Wildman–Crippen MR) is 99.1 cm³/mol. The molecule has 1 atom stereocenters. The van der Waals surface area contributed by atoms with Crippen LogP contribution < -0.4 is 0 Å². The molecule has 0 fully saturated rings. The van der Waals surface area contributed by atoms with Crippen LogP contribution in [0.2, 0.25) is 0 Å². The van der Waals surface area contributed by atoms with Gasteiger partial charge in [0.2, 0.25) is 0 Å². The van der Waals surface area contributed by atoms with Crippen LogP contribution in [0, 0.1) is 6.07 Å². The third-order valence-corrected chi connectivity index (χ3v) is 5.59. The molecule has 0 spiro atoms. The van der Waals surface area contributed by atoms with Gasteiger partial charge in [0.15, 0.2) is 4.96 Å². The van der Waals surface area contributed by atoms with Gasteiger partial charge in [-0.15, -0.1) is 0 Å². The van der Waals surface area contributed by atoms with E-state index in [2.05, 4.69) is 47.6 Å². The summed E-state index contributed by atoms with van der Waals surface area (Å²) >= 11 is 1.82. The minimum atomic E-state index is 0.619. The topological polar surface area (TPSA) is 17.3 Å². The van der Waals surface area contributed by atoms with E-state index in [0.29, 0.717) is 5.92 Å². The fourth-order valence-electron chi connectivity index (χ4n) is 3.34. The molecule has 0 amide bonds. The molecule has 1 unspecified atom stereocenters. The number of hydrogen-bond acceptors (Lipinski definition) is 2. The van der Waals surface area contributed by atoms with Crippen molar-refractivity contribution in [3.8, 4) is 10.4 Å². The zero-order valence-electron chi connectivity index (χ0n) is 14.1.